The van der Waals surface area contributed by atoms with E-state index in [1.54, 1.807) is 12.3 Å². The van der Waals surface area contributed by atoms with Gasteiger partial charge in [0.15, 0.2) is 0 Å². The molecule has 0 radical (unpaired) electrons. The number of pyridine rings is 1. The third-order valence-electron chi connectivity index (χ3n) is 2.31. The molecule has 0 fully saturated rings. The first-order chi connectivity index (χ1) is 8.06. The Labute approximate surface area is 114 Å². The number of halogens is 2. The molecule has 1 aromatic carbocycles. The summed E-state index contributed by atoms with van der Waals surface area (Å²) in [4.78, 5) is 4.14. The summed E-state index contributed by atoms with van der Waals surface area (Å²) in [7, 11) is 0. The highest BCUT2D eigenvalue weighted by Gasteiger charge is 2.07. The average molecular weight is 313 g/mol. The second kappa shape index (κ2) is 5.07. The Morgan fingerprint density at radius 3 is 2.65 bits per heavy atom. The van der Waals surface area contributed by atoms with Crippen molar-refractivity contribution in [2.75, 3.05) is 0 Å². The Kier molecular flexibility index (Phi) is 3.69. The number of ether oxygens (including phenoxy) is 1. The van der Waals surface area contributed by atoms with Gasteiger partial charge in [-0.25, -0.2) is 4.98 Å². The van der Waals surface area contributed by atoms with Crippen LogP contribution < -0.4 is 4.74 Å². The first-order valence-electron chi connectivity index (χ1n) is 5.12. The smallest absolute Gasteiger partial charge is 0.233 e. The van der Waals surface area contributed by atoms with Gasteiger partial charge in [-0.05, 0) is 47.5 Å². The quantitative estimate of drug-likeness (QED) is 0.786. The molecule has 0 bridgehead atoms. The zero-order chi connectivity index (χ0) is 12.4. The van der Waals surface area contributed by atoms with Gasteiger partial charge in [-0.1, -0.05) is 29.3 Å². The number of benzene rings is 1. The Bertz CT molecular complexity index is 508. The van der Waals surface area contributed by atoms with E-state index in [0.29, 0.717) is 10.9 Å². The Morgan fingerprint density at radius 1 is 1.24 bits per heavy atom. The molecule has 2 rings (SSSR count). The largest absolute Gasteiger partial charge is 0.438 e. The number of hydrogen-bond donors (Lipinski definition) is 0. The van der Waals surface area contributed by atoms with E-state index >= 15 is 0 Å². The monoisotopic (exact) mass is 311 g/mol. The summed E-state index contributed by atoms with van der Waals surface area (Å²) in [5.41, 5.74) is 2.28. The van der Waals surface area contributed by atoms with Crippen LogP contribution in [-0.2, 0) is 0 Å². The van der Waals surface area contributed by atoms with Gasteiger partial charge in [0.05, 0.1) is 9.50 Å². The molecule has 0 saturated heterocycles. The average Bonchev–Trinajstić information content (AvgIpc) is 2.25. The summed E-state index contributed by atoms with van der Waals surface area (Å²) in [6.07, 6.45) is 1.56. The van der Waals surface area contributed by atoms with Gasteiger partial charge in [-0.3, -0.25) is 0 Å². The lowest BCUT2D eigenvalue weighted by atomic mass is 10.1. The number of hydrogen-bond acceptors (Lipinski definition) is 2. The van der Waals surface area contributed by atoms with Crippen molar-refractivity contribution < 1.29 is 4.74 Å². The summed E-state index contributed by atoms with van der Waals surface area (Å²) in [5, 5.41) is 0.574. The number of rotatable bonds is 2. The van der Waals surface area contributed by atoms with Crippen molar-refractivity contribution in [2.45, 2.75) is 13.8 Å². The van der Waals surface area contributed by atoms with E-state index in [9.17, 15) is 0 Å². The fourth-order valence-corrected chi connectivity index (χ4v) is 2.21. The number of aryl methyl sites for hydroxylation is 2. The van der Waals surface area contributed by atoms with Gasteiger partial charge < -0.3 is 4.74 Å². The maximum atomic E-state index is 5.82. The lowest BCUT2D eigenvalue weighted by Gasteiger charge is -2.09. The third kappa shape index (κ3) is 2.99. The van der Waals surface area contributed by atoms with E-state index in [1.807, 2.05) is 26.0 Å². The summed E-state index contributed by atoms with van der Waals surface area (Å²) in [5.74, 6) is 1.31. The summed E-state index contributed by atoms with van der Waals surface area (Å²) in [6.45, 7) is 4.05. The normalized spacial score (nSPS) is 10.4. The van der Waals surface area contributed by atoms with Gasteiger partial charge in [0.25, 0.3) is 0 Å². The van der Waals surface area contributed by atoms with Crippen molar-refractivity contribution in [3.8, 4) is 11.6 Å². The molecule has 0 unspecified atom stereocenters. The van der Waals surface area contributed by atoms with Crippen molar-refractivity contribution in [3.63, 3.8) is 0 Å². The van der Waals surface area contributed by atoms with Crippen LogP contribution in [0.4, 0.5) is 0 Å². The topological polar surface area (TPSA) is 22.1 Å². The first kappa shape index (κ1) is 12.4. The molecule has 2 nitrogen and oxygen atoms in total. The number of aromatic nitrogens is 1. The molecule has 0 aliphatic carbocycles. The molecular weight excluding hydrogens is 302 g/mol. The van der Waals surface area contributed by atoms with Gasteiger partial charge in [-0.15, -0.1) is 0 Å². The van der Waals surface area contributed by atoms with Gasteiger partial charge in [0, 0.05) is 6.20 Å². The minimum absolute atomic E-state index is 0.515. The predicted molar refractivity (Wildman–Crippen MR) is 72.9 cm³/mol. The predicted octanol–water partition coefficient (Wildman–Crippen LogP) is 4.91. The molecule has 0 aliphatic heterocycles. The van der Waals surface area contributed by atoms with Crippen LogP contribution in [0, 0.1) is 13.8 Å². The lowest BCUT2D eigenvalue weighted by Crippen LogP contribution is -1.91. The second-order valence-corrected chi connectivity index (χ2v) is 5.10. The van der Waals surface area contributed by atoms with Crippen LogP contribution in [0.25, 0.3) is 0 Å². The maximum absolute atomic E-state index is 5.82. The molecule has 2 aromatic rings. The van der Waals surface area contributed by atoms with Crippen LogP contribution in [0.2, 0.25) is 5.02 Å². The van der Waals surface area contributed by atoms with Crippen molar-refractivity contribution in [3.05, 3.63) is 51.1 Å². The second-order valence-electron chi connectivity index (χ2n) is 3.81. The summed E-state index contributed by atoms with van der Waals surface area (Å²) in [6, 6.07) is 7.77. The molecule has 0 spiro atoms. The van der Waals surface area contributed by atoms with Crippen LogP contribution >= 0.6 is 27.5 Å². The van der Waals surface area contributed by atoms with Gasteiger partial charge in [-0.2, -0.15) is 0 Å². The first-order valence-corrected chi connectivity index (χ1v) is 6.29. The minimum atomic E-state index is 0.515. The zero-order valence-electron chi connectivity index (χ0n) is 9.50. The SMILES string of the molecule is Cc1ccc(Oc2ncc(Cl)cc2Br)c(C)c1. The lowest BCUT2D eigenvalue weighted by molar-refractivity contribution is 0.456. The van der Waals surface area contributed by atoms with Crippen LogP contribution in [0.5, 0.6) is 11.6 Å². The molecule has 17 heavy (non-hydrogen) atoms. The van der Waals surface area contributed by atoms with E-state index in [0.717, 1.165) is 15.8 Å². The molecule has 0 N–H and O–H groups in total. The van der Waals surface area contributed by atoms with Crippen molar-refractivity contribution in [1.82, 2.24) is 4.98 Å². The highest BCUT2D eigenvalue weighted by Crippen LogP contribution is 2.31. The molecule has 0 atom stereocenters. The van der Waals surface area contributed by atoms with Crippen LogP contribution in [0.1, 0.15) is 11.1 Å². The standard InChI is InChI=1S/C13H11BrClNO/c1-8-3-4-12(9(2)5-8)17-13-11(14)6-10(15)7-16-13/h3-7H,1-2H3. The third-order valence-corrected chi connectivity index (χ3v) is 3.09. The molecule has 88 valence electrons. The molecule has 0 amide bonds. The molecular formula is C13H11BrClNO. The van der Waals surface area contributed by atoms with Gasteiger partial charge >= 0.3 is 0 Å². The summed E-state index contributed by atoms with van der Waals surface area (Å²) < 4.78 is 6.47. The highest BCUT2D eigenvalue weighted by molar-refractivity contribution is 9.10. The molecule has 0 saturated carbocycles. The van der Waals surface area contributed by atoms with Crippen LogP contribution in [-0.4, -0.2) is 4.98 Å². The maximum Gasteiger partial charge on any atom is 0.233 e. The van der Waals surface area contributed by atoms with Crippen molar-refractivity contribution in [2.24, 2.45) is 0 Å². The van der Waals surface area contributed by atoms with E-state index < -0.39 is 0 Å². The van der Waals surface area contributed by atoms with Crippen molar-refractivity contribution >= 4 is 27.5 Å². The molecule has 4 heteroatoms. The molecule has 0 aliphatic rings. The van der Waals surface area contributed by atoms with Crippen LogP contribution in [0.3, 0.4) is 0 Å². The van der Waals surface area contributed by atoms with Crippen molar-refractivity contribution in [1.29, 1.82) is 0 Å². The fraction of sp³-hybridized carbons (Fsp3) is 0.154. The van der Waals surface area contributed by atoms with E-state index in [2.05, 4.69) is 27.0 Å². The van der Waals surface area contributed by atoms with E-state index in [1.165, 1.54) is 5.56 Å². The highest BCUT2D eigenvalue weighted by atomic mass is 79.9. The van der Waals surface area contributed by atoms with Gasteiger partial charge in [0.1, 0.15) is 5.75 Å². The number of nitrogens with zero attached hydrogens (tertiary/aromatic N) is 1. The van der Waals surface area contributed by atoms with E-state index in [-0.39, 0.29) is 0 Å². The van der Waals surface area contributed by atoms with E-state index in [4.69, 9.17) is 16.3 Å². The minimum Gasteiger partial charge on any atom is -0.438 e. The zero-order valence-corrected chi connectivity index (χ0v) is 11.8. The van der Waals surface area contributed by atoms with Gasteiger partial charge in [0.2, 0.25) is 5.88 Å². The van der Waals surface area contributed by atoms with Crippen LogP contribution in [0.15, 0.2) is 34.9 Å². The summed E-state index contributed by atoms with van der Waals surface area (Å²) >= 11 is 9.20. The molecule has 1 aromatic heterocycles. The Balaban J connectivity index is 2.31. The molecule has 1 heterocycles. The Hall–Kier alpha value is -1.06. The Morgan fingerprint density at radius 2 is 2.00 bits per heavy atom. The fourth-order valence-electron chi connectivity index (χ4n) is 1.50.